The zero-order valence-electron chi connectivity index (χ0n) is 10.2. The summed E-state index contributed by atoms with van der Waals surface area (Å²) in [7, 11) is 1.78. The smallest absolute Gasteiger partial charge is 0.0559 e. The van der Waals surface area contributed by atoms with Gasteiger partial charge in [0.25, 0.3) is 0 Å². The van der Waals surface area contributed by atoms with E-state index in [1.807, 2.05) is 0 Å². The van der Waals surface area contributed by atoms with Crippen molar-refractivity contribution in [3.05, 3.63) is 35.4 Å². The second-order valence-corrected chi connectivity index (χ2v) is 4.97. The van der Waals surface area contributed by atoms with Crippen molar-refractivity contribution in [3.8, 4) is 0 Å². The molecular weight excluding hydrogens is 198 g/mol. The van der Waals surface area contributed by atoms with Crippen molar-refractivity contribution < 1.29 is 4.74 Å². The Morgan fingerprint density at radius 1 is 1.31 bits per heavy atom. The summed E-state index contributed by atoms with van der Waals surface area (Å²) in [5.41, 5.74) is 8.74. The maximum Gasteiger partial charge on any atom is 0.0559 e. The minimum absolute atomic E-state index is 0.319. The van der Waals surface area contributed by atoms with Gasteiger partial charge in [-0.05, 0) is 36.4 Å². The van der Waals surface area contributed by atoms with Gasteiger partial charge in [0.1, 0.15) is 0 Å². The van der Waals surface area contributed by atoms with Crippen molar-refractivity contribution in [1.29, 1.82) is 0 Å². The first kappa shape index (κ1) is 11.6. The number of hydrogen-bond donors (Lipinski definition) is 1. The van der Waals surface area contributed by atoms with Crippen molar-refractivity contribution in [2.24, 2.45) is 5.73 Å². The van der Waals surface area contributed by atoms with Crippen molar-refractivity contribution in [3.63, 3.8) is 0 Å². The van der Waals surface area contributed by atoms with Gasteiger partial charge in [-0.1, -0.05) is 31.2 Å². The average Bonchev–Trinajstić information content (AvgIpc) is 3.10. The molecule has 16 heavy (non-hydrogen) atoms. The van der Waals surface area contributed by atoms with Crippen LogP contribution < -0.4 is 5.73 Å². The Morgan fingerprint density at radius 2 is 1.94 bits per heavy atom. The lowest BCUT2D eigenvalue weighted by molar-refractivity contribution is 0.171. The highest BCUT2D eigenvalue weighted by atomic mass is 16.5. The van der Waals surface area contributed by atoms with Crippen LogP contribution in [0.2, 0.25) is 0 Å². The molecule has 1 unspecified atom stereocenters. The first-order valence-corrected chi connectivity index (χ1v) is 6.01. The van der Waals surface area contributed by atoms with E-state index in [1.54, 1.807) is 7.11 Å². The Bertz CT molecular complexity index is 340. The summed E-state index contributed by atoms with van der Waals surface area (Å²) in [5.74, 6) is 0.451. The van der Waals surface area contributed by atoms with Gasteiger partial charge in [0.05, 0.1) is 6.61 Å². The largest absolute Gasteiger partial charge is 0.384 e. The number of nitrogens with two attached hydrogens (primary N) is 1. The van der Waals surface area contributed by atoms with E-state index in [2.05, 4.69) is 31.2 Å². The molecule has 0 heterocycles. The van der Waals surface area contributed by atoms with Crippen LogP contribution in [0, 0.1) is 0 Å². The topological polar surface area (TPSA) is 35.2 Å². The normalized spacial score (nSPS) is 19.4. The van der Waals surface area contributed by atoms with Crippen LogP contribution in [0.1, 0.15) is 36.8 Å². The van der Waals surface area contributed by atoms with Gasteiger partial charge in [0.2, 0.25) is 0 Å². The first-order chi connectivity index (χ1) is 7.72. The SMILES string of the molecule is COCC1(c2ccc(C(C)CN)cc2)CC1. The monoisotopic (exact) mass is 219 g/mol. The number of benzene rings is 1. The summed E-state index contributed by atoms with van der Waals surface area (Å²) < 4.78 is 5.30. The lowest BCUT2D eigenvalue weighted by Gasteiger charge is -2.16. The molecule has 0 saturated heterocycles. The van der Waals surface area contributed by atoms with Gasteiger partial charge < -0.3 is 10.5 Å². The van der Waals surface area contributed by atoms with E-state index >= 15 is 0 Å². The van der Waals surface area contributed by atoms with Crippen molar-refractivity contribution >= 4 is 0 Å². The Balaban J connectivity index is 2.13. The third kappa shape index (κ3) is 2.13. The molecule has 1 aliphatic carbocycles. The van der Waals surface area contributed by atoms with Crippen LogP contribution in [0.15, 0.2) is 24.3 Å². The maximum atomic E-state index is 5.67. The number of methoxy groups -OCH3 is 1. The summed E-state index contributed by atoms with van der Waals surface area (Å²) in [6, 6.07) is 8.91. The van der Waals surface area contributed by atoms with E-state index in [9.17, 15) is 0 Å². The van der Waals surface area contributed by atoms with Crippen LogP contribution in [-0.2, 0) is 10.2 Å². The van der Waals surface area contributed by atoms with Gasteiger partial charge in [-0.2, -0.15) is 0 Å². The van der Waals surface area contributed by atoms with E-state index in [1.165, 1.54) is 24.0 Å². The van der Waals surface area contributed by atoms with Crippen LogP contribution in [-0.4, -0.2) is 20.3 Å². The van der Waals surface area contributed by atoms with Gasteiger partial charge in [-0.15, -0.1) is 0 Å². The van der Waals surface area contributed by atoms with Crippen LogP contribution >= 0.6 is 0 Å². The third-order valence-electron chi connectivity index (χ3n) is 3.72. The zero-order valence-corrected chi connectivity index (χ0v) is 10.2. The molecule has 1 aromatic carbocycles. The number of hydrogen-bond acceptors (Lipinski definition) is 2. The third-order valence-corrected chi connectivity index (χ3v) is 3.72. The highest BCUT2D eigenvalue weighted by Crippen LogP contribution is 2.48. The molecule has 0 aliphatic heterocycles. The fourth-order valence-electron chi connectivity index (χ4n) is 2.24. The number of ether oxygens (including phenoxy) is 1. The van der Waals surface area contributed by atoms with Gasteiger partial charge >= 0.3 is 0 Å². The molecule has 1 fully saturated rings. The molecule has 2 rings (SSSR count). The summed E-state index contributed by atoms with van der Waals surface area (Å²) in [4.78, 5) is 0. The summed E-state index contributed by atoms with van der Waals surface area (Å²) >= 11 is 0. The van der Waals surface area contributed by atoms with Gasteiger partial charge in [-0.25, -0.2) is 0 Å². The Kier molecular flexibility index (Phi) is 3.31. The van der Waals surface area contributed by atoms with Crippen LogP contribution in [0.4, 0.5) is 0 Å². The van der Waals surface area contributed by atoms with Crippen molar-refractivity contribution in [2.45, 2.75) is 31.1 Å². The molecule has 2 nitrogen and oxygen atoms in total. The van der Waals surface area contributed by atoms with Gasteiger partial charge in [0.15, 0.2) is 0 Å². The first-order valence-electron chi connectivity index (χ1n) is 6.01. The second-order valence-electron chi connectivity index (χ2n) is 4.97. The number of rotatable bonds is 5. The molecule has 1 aromatic rings. The predicted molar refractivity (Wildman–Crippen MR) is 66.7 cm³/mol. The molecule has 0 bridgehead atoms. The lowest BCUT2D eigenvalue weighted by atomic mass is 9.93. The van der Waals surface area contributed by atoms with E-state index in [4.69, 9.17) is 10.5 Å². The van der Waals surface area contributed by atoms with Crippen LogP contribution in [0.5, 0.6) is 0 Å². The summed E-state index contributed by atoms with van der Waals surface area (Å²) in [6.07, 6.45) is 2.51. The molecule has 2 N–H and O–H groups in total. The molecule has 1 saturated carbocycles. The van der Waals surface area contributed by atoms with Crippen molar-refractivity contribution in [2.75, 3.05) is 20.3 Å². The maximum absolute atomic E-state index is 5.67. The molecule has 88 valence electrons. The molecule has 0 spiro atoms. The Morgan fingerprint density at radius 3 is 2.38 bits per heavy atom. The minimum Gasteiger partial charge on any atom is -0.384 e. The van der Waals surface area contributed by atoms with Crippen LogP contribution in [0.25, 0.3) is 0 Å². The van der Waals surface area contributed by atoms with E-state index in [0.717, 1.165) is 6.61 Å². The fourth-order valence-corrected chi connectivity index (χ4v) is 2.24. The second kappa shape index (κ2) is 4.56. The molecule has 1 aliphatic rings. The Hall–Kier alpha value is -0.860. The quantitative estimate of drug-likeness (QED) is 0.825. The summed E-state index contributed by atoms with van der Waals surface area (Å²) in [5, 5.41) is 0. The minimum atomic E-state index is 0.319. The standard InChI is InChI=1S/C14H21NO/c1-11(9-15)12-3-5-13(6-4-12)14(7-8-14)10-16-2/h3-6,11H,7-10,15H2,1-2H3. The molecular formula is C14H21NO. The molecule has 0 amide bonds. The summed E-state index contributed by atoms with van der Waals surface area (Å²) in [6.45, 7) is 3.72. The fraction of sp³-hybridized carbons (Fsp3) is 0.571. The van der Waals surface area contributed by atoms with Gasteiger partial charge in [0, 0.05) is 12.5 Å². The zero-order chi connectivity index (χ0) is 11.6. The van der Waals surface area contributed by atoms with E-state index < -0.39 is 0 Å². The van der Waals surface area contributed by atoms with Crippen LogP contribution in [0.3, 0.4) is 0 Å². The van der Waals surface area contributed by atoms with E-state index in [0.29, 0.717) is 17.9 Å². The van der Waals surface area contributed by atoms with E-state index in [-0.39, 0.29) is 0 Å². The molecule has 1 atom stereocenters. The Labute approximate surface area is 97.8 Å². The lowest BCUT2D eigenvalue weighted by Crippen LogP contribution is -2.14. The molecule has 2 heteroatoms. The highest BCUT2D eigenvalue weighted by molar-refractivity contribution is 5.35. The average molecular weight is 219 g/mol. The molecule has 0 radical (unpaired) electrons. The van der Waals surface area contributed by atoms with Crippen molar-refractivity contribution in [1.82, 2.24) is 0 Å². The predicted octanol–water partition coefficient (Wildman–Crippen LogP) is 2.43. The molecule has 0 aromatic heterocycles. The van der Waals surface area contributed by atoms with Gasteiger partial charge in [-0.3, -0.25) is 0 Å². The highest BCUT2D eigenvalue weighted by Gasteiger charge is 2.44.